The molecule has 2 aliphatic heterocycles. The topological polar surface area (TPSA) is 3.24 Å². The highest BCUT2D eigenvalue weighted by Gasteiger charge is 2.25. The quantitative estimate of drug-likeness (QED) is 0.824. The lowest BCUT2D eigenvalue weighted by Gasteiger charge is -2.23. The smallest absolute Gasteiger partial charge is 0.0108 e. The lowest BCUT2D eigenvalue weighted by Crippen LogP contribution is -2.31. The van der Waals surface area contributed by atoms with Gasteiger partial charge in [-0.05, 0) is 35.6 Å². The summed E-state index contributed by atoms with van der Waals surface area (Å²) < 4.78 is 0. The Kier molecular flexibility index (Phi) is 3.74. The Bertz CT molecular complexity index is 610. The zero-order chi connectivity index (χ0) is 14.1. The number of rotatable bonds is 2. The number of hydrogen-bond acceptors (Lipinski definition) is 2. The second-order valence-corrected chi connectivity index (χ2v) is 7.18. The molecular weight excluding hydrogens is 274 g/mol. The van der Waals surface area contributed by atoms with Gasteiger partial charge in [0, 0.05) is 36.2 Å². The van der Waals surface area contributed by atoms with E-state index in [-0.39, 0.29) is 0 Å². The minimum Gasteiger partial charge on any atom is -0.302 e. The summed E-state index contributed by atoms with van der Waals surface area (Å²) in [6, 6.07) is 17.9. The first-order chi connectivity index (χ1) is 10.4. The van der Waals surface area contributed by atoms with Crippen LogP contribution in [0.5, 0.6) is 0 Å². The van der Waals surface area contributed by atoms with Crippen molar-refractivity contribution in [2.45, 2.75) is 23.7 Å². The third-order valence-corrected chi connectivity index (χ3v) is 6.04. The van der Waals surface area contributed by atoms with Gasteiger partial charge in [-0.15, -0.1) is 11.8 Å². The van der Waals surface area contributed by atoms with Gasteiger partial charge in [0.1, 0.15) is 0 Å². The van der Waals surface area contributed by atoms with Crippen LogP contribution in [-0.4, -0.2) is 30.3 Å². The van der Waals surface area contributed by atoms with Crippen LogP contribution in [0.1, 0.15) is 22.6 Å². The van der Waals surface area contributed by atoms with Crippen LogP contribution in [0.15, 0.2) is 53.4 Å². The van der Waals surface area contributed by atoms with Crippen LogP contribution in [0.3, 0.4) is 0 Å². The molecule has 0 fully saturated rings. The van der Waals surface area contributed by atoms with Crippen molar-refractivity contribution in [3.63, 3.8) is 0 Å². The van der Waals surface area contributed by atoms with E-state index in [1.807, 2.05) is 11.8 Å². The molecule has 2 heterocycles. The number of fused-ring (bicyclic) bond motifs is 2. The Hall–Kier alpha value is -1.25. The average Bonchev–Trinajstić information content (AvgIpc) is 2.82. The maximum Gasteiger partial charge on any atom is 0.0108 e. The fourth-order valence-corrected chi connectivity index (χ4v) is 4.83. The van der Waals surface area contributed by atoms with E-state index in [0.717, 1.165) is 0 Å². The van der Waals surface area contributed by atoms with Crippen molar-refractivity contribution in [1.29, 1.82) is 0 Å². The standard InChI is InChI=1S/C19H21NS/c1-2-6-16-10-12-20(11-9-15(16)5-1)13-17-14-21-19-8-4-3-7-18(17)19/h1-8,17H,9-14H2. The largest absolute Gasteiger partial charge is 0.302 e. The van der Waals surface area contributed by atoms with Crippen molar-refractivity contribution in [3.8, 4) is 0 Å². The van der Waals surface area contributed by atoms with Crippen LogP contribution in [0.25, 0.3) is 0 Å². The first-order valence-corrected chi connectivity index (χ1v) is 8.89. The van der Waals surface area contributed by atoms with Crippen molar-refractivity contribution in [1.82, 2.24) is 4.90 Å². The molecule has 2 aromatic carbocycles. The Morgan fingerprint density at radius 1 is 0.905 bits per heavy atom. The molecule has 0 saturated carbocycles. The van der Waals surface area contributed by atoms with Crippen LogP contribution < -0.4 is 0 Å². The number of hydrogen-bond donors (Lipinski definition) is 0. The van der Waals surface area contributed by atoms with Gasteiger partial charge < -0.3 is 4.90 Å². The van der Waals surface area contributed by atoms with Gasteiger partial charge in [-0.3, -0.25) is 0 Å². The molecule has 2 heteroatoms. The van der Waals surface area contributed by atoms with Crippen LogP contribution in [0.4, 0.5) is 0 Å². The highest BCUT2D eigenvalue weighted by atomic mass is 32.2. The molecule has 2 aliphatic rings. The summed E-state index contributed by atoms with van der Waals surface area (Å²) in [4.78, 5) is 4.17. The van der Waals surface area contributed by atoms with Crippen LogP contribution in [-0.2, 0) is 12.8 Å². The van der Waals surface area contributed by atoms with Crippen molar-refractivity contribution in [3.05, 3.63) is 65.2 Å². The third kappa shape index (κ3) is 2.75. The van der Waals surface area contributed by atoms with Gasteiger partial charge in [0.05, 0.1) is 0 Å². The van der Waals surface area contributed by atoms with Gasteiger partial charge in [0.2, 0.25) is 0 Å². The SMILES string of the molecule is c1ccc2c(c1)CCN(CC1CSc3ccccc31)CC2. The summed E-state index contributed by atoms with van der Waals surface area (Å²) in [5, 5.41) is 0. The molecule has 1 unspecified atom stereocenters. The average molecular weight is 295 g/mol. The molecule has 1 nitrogen and oxygen atoms in total. The fourth-order valence-electron chi connectivity index (χ4n) is 3.59. The minimum absolute atomic E-state index is 0.715. The van der Waals surface area contributed by atoms with Crippen LogP contribution in [0.2, 0.25) is 0 Å². The van der Waals surface area contributed by atoms with E-state index < -0.39 is 0 Å². The van der Waals surface area contributed by atoms with Gasteiger partial charge in [0.15, 0.2) is 0 Å². The van der Waals surface area contributed by atoms with Gasteiger partial charge in [0.25, 0.3) is 0 Å². The lowest BCUT2D eigenvalue weighted by atomic mass is 10.0. The molecule has 0 aliphatic carbocycles. The predicted octanol–water partition coefficient (Wildman–Crippen LogP) is 3.98. The van der Waals surface area contributed by atoms with Gasteiger partial charge in [-0.25, -0.2) is 0 Å². The van der Waals surface area contributed by atoms with Crippen molar-refractivity contribution >= 4 is 11.8 Å². The monoisotopic (exact) mass is 295 g/mol. The van der Waals surface area contributed by atoms with Crippen molar-refractivity contribution < 1.29 is 0 Å². The first kappa shape index (κ1) is 13.4. The number of nitrogens with zero attached hydrogens (tertiary/aromatic N) is 1. The third-order valence-electron chi connectivity index (χ3n) is 4.79. The maximum atomic E-state index is 2.67. The molecule has 21 heavy (non-hydrogen) atoms. The van der Waals surface area contributed by atoms with E-state index in [1.54, 1.807) is 16.7 Å². The minimum atomic E-state index is 0.715. The van der Waals surface area contributed by atoms with E-state index in [4.69, 9.17) is 0 Å². The molecule has 0 spiro atoms. The molecule has 0 saturated heterocycles. The Morgan fingerprint density at radius 3 is 2.33 bits per heavy atom. The molecule has 0 radical (unpaired) electrons. The normalized spacial score (nSPS) is 21.6. The predicted molar refractivity (Wildman–Crippen MR) is 90.2 cm³/mol. The summed E-state index contributed by atoms with van der Waals surface area (Å²) >= 11 is 2.03. The summed E-state index contributed by atoms with van der Waals surface area (Å²) in [6.45, 7) is 3.64. The second kappa shape index (κ2) is 5.86. The number of thioether (sulfide) groups is 1. The van der Waals surface area contributed by atoms with Crippen LogP contribution >= 0.6 is 11.8 Å². The molecule has 2 aromatic rings. The second-order valence-electron chi connectivity index (χ2n) is 6.12. The molecule has 0 bridgehead atoms. The van der Waals surface area contributed by atoms with E-state index >= 15 is 0 Å². The highest BCUT2D eigenvalue weighted by Crippen LogP contribution is 2.39. The lowest BCUT2D eigenvalue weighted by molar-refractivity contribution is 0.275. The maximum absolute atomic E-state index is 2.67. The Morgan fingerprint density at radius 2 is 1.57 bits per heavy atom. The summed E-state index contributed by atoms with van der Waals surface area (Å²) in [5.74, 6) is 1.97. The summed E-state index contributed by atoms with van der Waals surface area (Å²) in [5.41, 5.74) is 4.69. The summed E-state index contributed by atoms with van der Waals surface area (Å²) in [6.07, 6.45) is 2.41. The van der Waals surface area contributed by atoms with E-state index in [9.17, 15) is 0 Å². The van der Waals surface area contributed by atoms with Crippen molar-refractivity contribution in [2.75, 3.05) is 25.4 Å². The molecule has 108 valence electrons. The van der Waals surface area contributed by atoms with Gasteiger partial charge in [-0.2, -0.15) is 0 Å². The first-order valence-electron chi connectivity index (χ1n) is 7.91. The van der Waals surface area contributed by atoms with Crippen molar-refractivity contribution in [2.24, 2.45) is 0 Å². The van der Waals surface area contributed by atoms with Gasteiger partial charge >= 0.3 is 0 Å². The molecular formula is C19H21NS. The molecule has 0 amide bonds. The summed E-state index contributed by atoms with van der Waals surface area (Å²) in [7, 11) is 0. The Labute approximate surface area is 131 Å². The molecule has 0 N–H and O–H groups in total. The van der Waals surface area contributed by atoms with E-state index in [0.29, 0.717) is 5.92 Å². The number of benzene rings is 2. The fraction of sp³-hybridized carbons (Fsp3) is 0.368. The molecule has 4 rings (SSSR count). The highest BCUT2D eigenvalue weighted by molar-refractivity contribution is 7.99. The zero-order valence-corrected chi connectivity index (χ0v) is 13.1. The molecule has 1 atom stereocenters. The van der Waals surface area contributed by atoms with Crippen LogP contribution in [0, 0.1) is 0 Å². The zero-order valence-electron chi connectivity index (χ0n) is 12.3. The van der Waals surface area contributed by atoms with E-state index in [2.05, 4.69) is 53.4 Å². The van der Waals surface area contributed by atoms with Gasteiger partial charge in [-0.1, -0.05) is 42.5 Å². The molecule has 0 aromatic heterocycles. The Balaban J connectivity index is 1.46. The van der Waals surface area contributed by atoms with E-state index in [1.165, 1.54) is 43.1 Å².